The van der Waals surface area contributed by atoms with Gasteiger partial charge in [-0.1, -0.05) is 32.0 Å². The summed E-state index contributed by atoms with van der Waals surface area (Å²) in [7, 11) is 0. The summed E-state index contributed by atoms with van der Waals surface area (Å²) < 4.78 is 11.8. The van der Waals surface area contributed by atoms with Gasteiger partial charge in [0, 0.05) is 6.42 Å². The fourth-order valence-corrected chi connectivity index (χ4v) is 2.60. The van der Waals surface area contributed by atoms with Gasteiger partial charge in [-0.3, -0.25) is 4.79 Å². The van der Waals surface area contributed by atoms with Gasteiger partial charge < -0.3 is 14.8 Å². The van der Waals surface area contributed by atoms with Gasteiger partial charge in [-0.2, -0.15) is 0 Å². The summed E-state index contributed by atoms with van der Waals surface area (Å²) in [6.07, 6.45) is 1.43. The lowest BCUT2D eigenvalue weighted by Gasteiger charge is -2.17. The molecule has 2 aromatic rings. The van der Waals surface area contributed by atoms with Crippen molar-refractivity contribution >= 4 is 11.6 Å². The van der Waals surface area contributed by atoms with E-state index < -0.39 is 0 Å². The average molecular weight is 341 g/mol. The van der Waals surface area contributed by atoms with E-state index in [1.54, 1.807) is 0 Å². The Balaban J connectivity index is 2.25. The maximum Gasteiger partial charge on any atom is 0.224 e. The zero-order valence-corrected chi connectivity index (χ0v) is 15.5. The topological polar surface area (TPSA) is 47.6 Å². The van der Waals surface area contributed by atoms with Gasteiger partial charge in [0.1, 0.15) is 18.1 Å². The van der Waals surface area contributed by atoms with Crippen molar-refractivity contribution in [2.75, 3.05) is 11.9 Å². The van der Waals surface area contributed by atoms with Crippen LogP contribution in [0.4, 0.5) is 5.69 Å². The third kappa shape index (κ3) is 4.99. The van der Waals surface area contributed by atoms with E-state index in [2.05, 4.69) is 24.4 Å². The summed E-state index contributed by atoms with van der Waals surface area (Å²) in [4.78, 5) is 11.8. The maximum absolute atomic E-state index is 11.8. The monoisotopic (exact) mass is 341 g/mol. The Labute approximate surface area is 150 Å². The molecule has 4 nitrogen and oxygen atoms in total. The SMILES string of the molecule is CCOc1cccc(NC(=O)CC)c1COc1ccc(CC)cc1C. The first-order valence-electron chi connectivity index (χ1n) is 8.85. The number of nitrogens with one attached hydrogen (secondary N) is 1. The van der Waals surface area contributed by atoms with Gasteiger partial charge in [-0.05, 0) is 49.6 Å². The van der Waals surface area contributed by atoms with E-state index in [0.29, 0.717) is 19.6 Å². The second-order valence-corrected chi connectivity index (χ2v) is 5.86. The molecule has 0 fully saturated rings. The number of carbonyl (C=O) groups is 1. The van der Waals surface area contributed by atoms with Crippen LogP contribution in [-0.2, 0) is 17.8 Å². The molecule has 0 radical (unpaired) electrons. The van der Waals surface area contributed by atoms with Crippen LogP contribution >= 0.6 is 0 Å². The molecule has 0 spiro atoms. The van der Waals surface area contributed by atoms with Gasteiger partial charge in [0.2, 0.25) is 5.91 Å². The third-order valence-corrected chi connectivity index (χ3v) is 4.05. The molecule has 134 valence electrons. The molecule has 0 aromatic heterocycles. The van der Waals surface area contributed by atoms with Crippen molar-refractivity contribution in [3.8, 4) is 11.5 Å². The molecule has 4 heteroatoms. The molecular formula is C21H27NO3. The molecule has 25 heavy (non-hydrogen) atoms. The second-order valence-electron chi connectivity index (χ2n) is 5.86. The molecule has 1 amide bonds. The van der Waals surface area contributed by atoms with Crippen LogP contribution in [-0.4, -0.2) is 12.5 Å². The van der Waals surface area contributed by atoms with Gasteiger partial charge in [0.25, 0.3) is 0 Å². The lowest BCUT2D eigenvalue weighted by molar-refractivity contribution is -0.115. The van der Waals surface area contributed by atoms with Crippen LogP contribution in [0.1, 0.15) is 43.9 Å². The Morgan fingerprint density at radius 3 is 2.48 bits per heavy atom. The van der Waals surface area contributed by atoms with Crippen LogP contribution in [0, 0.1) is 6.92 Å². The largest absolute Gasteiger partial charge is 0.493 e. The van der Waals surface area contributed by atoms with E-state index in [4.69, 9.17) is 9.47 Å². The Morgan fingerprint density at radius 1 is 1.04 bits per heavy atom. The molecule has 0 aliphatic heterocycles. The third-order valence-electron chi connectivity index (χ3n) is 4.05. The molecule has 0 aliphatic carbocycles. The highest BCUT2D eigenvalue weighted by Gasteiger charge is 2.13. The molecule has 0 saturated carbocycles. The van der Waals surface area contributed by atoms with E-state index in [-0.39, 0.29) is 5.91 Å². The number of hydrogen-bond donors (Lipinski definition) is 1. The van der Waals surface area contributed by atoms with E-state index in [1.807, 2.05) is 45.0 Å². The van der Waals surface area contributed by atoms with Crippen LogP contribution in [0.5, 0.6) is 11.5 Å². The molecule has 0 aliphatic rings. The van der Waals surface area contributed by atoms with Gasteiger partial charge >= 0.3 is 0 Å². The lowest BCUT2D eigenvalue weighted by atomic mass is 10.1. The zero-order valence-electron chi connectivity index (χ0n) is 15.5. The van der Waals surface area contributed by atoms with E-state index >= 15 is 0 Å². The van der Waals surface area contributed by atoms with Gasteiger partial charge in [0.05, 0.1) is 17.9 Å². The Kier molecular flexibility index (Phi) is 6.87. The van der Waals surface area contributed by atoms with Crippen LogP contribution < -0.4 is 14.8 Å². The Bertz CT molecular complexity index is 725. The van der Waals surface area contributed by atoms with Crippen LogP contribution in [0.25, 0.3) is 0 Å². The number of carbonyl (C=O) groups excluding carboxylic acids is 1. The van der Waals surface area contributed by atoms with Crippen molar-refractivity contribution in [2.24, 2.45) is 0 Å². The molecule has 0 heterocycles. The smallest absolute Gasteiger partial charge is 0.224 e. The first-order valence-corrected chi connectivity index (χ1v) is 8.85. The quantitative estimate of drug-likeness (QED) is 0.744. The van der Waals surface area contributed by atoms with Gasteiger partial charge in [0.15, 0.2) is 0 Å². The first-order chi connectivity index (χ1) is 12.1. The summed E-state index contributed by atoms with van der Waals surface area (Å²) in [6.45, 7) is 8.84. The number of benzene rings is 2. The van der Waals surface area contributed by atoms with Crippen molar-refractivity contribution in [1.29, 1.82) is 0 Å². The van der Waals surface area contributed by atoms with Gasteiger partial charge in [-0.15, -0.1) is 0 Å². The van der Waals surface area contributed by atoms with E-state index in [0.717, 1.165) is 34.7 Å². The predicted molar refractivity (Wildman–Crippen MR) is 101 cm³/mol. The normalized spacial score (nSPS) is 10.4. The van der Waals surface area contributed by atoms with Crippen molar-refractivity contribution in [1.82, 2.24) is 0 Å². The Hall–Kier alpha value is -2.49. The van der Waals surface area contributed by atoms with Crippen LogP contribution in [0.3, 0.4) is 0 Å². The second kappa shape index (κ2) is 9.11. The highest BCUT2D eigenvalue weighted by molar-refractivity contribution is 5.91. The molecule has 2 rings (SSSR count). The minimum atomic E-state index is -0.0293. The molecule has 0 bridgehead atoms. The first kappa shape index (κ1) is 18.8. The molecule has 0 atom stereocenters. The number of rotatable bonds is 8. The zero-order chi connectivity index (χ0) is 18.2. The summed E-state index contributed by atoms with van der Waals surface area (Å²) in [5.41, 5.74) is 3.98. The fourth-order valence-electron chi connectivity index (χ4n) is 2.60. The van der Waals surface area contributed by atoms with E-state index in [9.17, 15) is 4.79 Å². The molecule has 0 unspecified atom stereocenters. The maximum atomic E-state index is 11.8. The summed E-state index contributed by atoms with van der Waals surface area (Å²) in [6, 6.07) is 11.9. The van der Waals surface area contributed by atoms with E-state index in [1.165, 1.54) is 5.56 Å². The van der Waals surface area contributed by atoms with Crippen molar-refractivity contribution < 1.29 is 14.3 Å². The highest BCUT2D eigenvalue weighted by Crippen LogP contribution is 2.29. The van der Waals surface area contributed by atoms with Gasteiger partial charge in [-0.25, -0.2) is 0 Å². The number of ether oxygens (including phenoxy) is 2. The standard InChI is InChI=1S/C21H27NO3/c1-5-16-11-12-19(15(4)13-16)25-14-17-18(22-21(23)6-2)9-8-10-20(17)24-7-3/h8-13H,5-7,14H2,1-4H3,(H,22,23). The van der Waals surface area contributed by atoms with Crippen LogP contribution in [0.2, 0.25) is 0 Å². The fraction of sp³-hybridized carbons (Fsp3) is 0.381. The minimum absolute atomic E-state index is 0.0293. The highest BCUT2D eigenvalue weighted by atomic mass is 16.5. The van der Waals surface area contributed by atoms with Crippen LogP contribution in [0.15, 0.2) is 36.4 Å². The number of anilines is 1. The average Bonchev–Trinajstić information content (AvgIpc) is 2.62. The Morgan fingerprint density at radius 2 is 1.84 bits per heavy atom. The number of amides is 1. The molecule has 2 aromatic carbocycles. The molecule has 0 saturated heterocycles. The van der Waals surface area contributed by atoms with Crippen molar-refractivity contribution in [2.45, 2.75) is 47.1 Å². The predicted octanol–water partition coefficient (Wildman–Crippen LogP) is 4.88. The van der Waals surface area contributed by atoms with Crippen molar-refractivity contribution in [3.63, 3.8) is 0 Å². The molecule has 1 N–H and O–H groups in total. The lowest BCUT2D eigenvalue weighted by Crippen LogP contribution is -2.13. The number of aryl methyl sites for hydroxylation is 2. The number of hydrogen-bond acceptors (Lipinski definition) is 3. The minimum Gasteiger partial charge on any atom is -0.493 e. The van der Waals surface area contributed by atoms with Crippen molar-refractivity contribution in [3.05, 3.63) is 53.1 Å². The molecular weight excluding hydrogens is 314 g/mol. The summed E-state index contributed by atoms with van der Waals surface area (Å²) in [5, 5.41) is 2.93. The summed E-state index contributed by atoms with van der Waals surface area (Å²) in [5.74, 6) is 1.55. The summed E-state index contributed by atoms with van der Waals surface area (Å²) >= 11 is 0.